The number of anilines is 3. The molecule has 0 radical (unpaired) electrons. The van der Waals surface area contributed by atoms with Crippen molar-refractivity contribution < 1.29 is 0 Å². The average Bonchev–Trinajstić information content (AvgIpc) is 3.64. The Labute approximate surface area is 318 Å². The van der Waals surface area contributed by atoms with E-state index in [9.17, 15) is 0 Å². The largest absolute Gasteiger partial charge is 0.324 e. The molecule has 9 aromatic rings. The van der Waals surface area contributed by atoms with Crippen molar-refractivity contribution in [2.75, 3.05) is 4.90 Å². The van der Waals surface area contributed by atoms with Crippen molar-refractivity contribution in [1.29, 1.82) is 0 Å². The van der Waals surface area contributed by atoms with Crippen molar-refractivity contribution in [3.05, 3.63) is 211 Å². The molecule has 256 valence electrons. The van der Waals surface area contributed by atoms with Crippen molar-refractivity contribution in [1.82, 2.24) is 5.32 Å². The summed E-state index contributed by atoms with van der Waals surface area (Å²) in [4.78, 5) is 12.8. The normalized spacial score (nSPS) is 13.1. The van der Waals surface area contributed by atoms with Gasteiger partial charge in [-0.1, -0.05) is 146 Å². The first kappa shape index (κ1) is 31.9. The predicted molar refractivity (Wildman–Crippen MR) is 229 cm³/mol. The number of nitrogens with one attached hydrogen (secondary N) is 1. The summed E-state index contributed by atoms with van der Waals surface area (Å²) in [5, 5.41) is 8.50. The number of nitrogens with zero attached hydrogens (tertiary/aromatic N) is 3. The highest BCUT2D eigenvalue weighted by Crippen LogP contribution is 2.45. The van der Waals surface area contributed by atoms with E-state index in [1.165, 1.54) is 42.1 Å². The van der Waals surface area contributed by atoms with E-state index >= 15 is 0 Å². The molecule has 0 unspecified atom stereocenters. The van der Waals surface area contributed by atoms with E-state index in [-0.39, 0.29) is 0 Å². The van der Waals surface area contributed by atoms with Crippen LogP contribution in [0.15, 0.2) is 204 Å². The minimum absolute atomic E-state index is 0.416. The molecule has 1 aliphatic heterocycles. The summed E-state index contributed by atoms with van der Waals surface area (Å²) >= 11 is 1.84. The molecule has 0 bridgehead atoms. The van der Waals surface area contributed by atoms with Crippen LogP contribution in [-0.2, 0) is 0 Å². The number of amidine groups is 2. The lowest BCUT2D eigenvalue weighted by atomic mass is 9.97. The van der Waals surface area contributed by atoms with Gasteiger partial charge >= 0.3 is 0 Å². The lowest BCUT2D eigenvalue weighted by molar-refractivity contribution is 0.764. The van der Waals surface area contributed by atoms with Crippen molar-refractivity contribution in [2.24, 2.45) is 9.98 Å². The summed E-state index contributed by atoms with van der Waals surface area (Å²) in [7, 11) is 0. The van der Waals surface area contributed by atoms with Crippen molar-refractivity contribution in [3.8, 4) is 11.1 Å². The third-order valence-corrected chi connectivity index (χ3v) is 11.3. The first-order valence-corrected chi connectivity index (χ1v) is 19.0. The Bertz CT molecular complexity index is 2730. The van der Waals surface area contributed by atoms with Crippen LogP contribution in [-0.4, -0.2) is 11.7 Å². The van der Waals surface area contributed by atoms with E-state index in [0.717, 1.165) is 45.4 Å². The van der Waals surface area contributed by atoms with Crippen molar-refractivity contribution >= 4 is 71.0 Å². The molecule has 0 fully saturated rings. The van der Waals surface area contributed by atoms with Crippen LogP contribution in [0.2, 0.25) is 0 Å². The van der Waals surface area contributed by atoms with E-state index in [1.807, 2.05) is 23.5 Å². The lowest BCUT2D eigenvalue weighted by Gasteiger charge is -2.25. The summed E-state index contributed by atoms with van der Waals surface area (Å²) in [6.07, 6.45) is -0.416. The highest BCUT2D eigenvalue weighted by atomic mass is 32.1. The zero-order valence-electron chi connectivity index (χ0n) is 29.3. The molecule has 10 rings (SSSR count). The fourth-order valence-corrected chi connectivity index (χ4v) is 8.79. The molecule has 0 saturated heterocycles. The highest BCUT2D eigenvalue weighted by molar-refractivity contribution is 7.26. The molecule has 0 saturated carbocycles. The van der Waals surface area contributed by atoms with Gasteiger partial charge in [0.05, 0.1) is 0 Å². The lowest BCUT2D eigenvalue weighted by Crippen LogP contribution is -2.36. The van der Waals surface area contributed by atoms with Crippen LogP contribution >= 0.6 is 11.3 Å². The van der Waals surface area contributed by atoms with Gasteiger partial charge < -0.3 is 10.2 Å². The third-order valence-electron chi connectivity index (χ3n) is 10.1. The van der Waals surface area contributed by atoms with Crippen LogP contribution in [0.3, 0.4) is 0 Å². The molecule has 1 N–H and O–H groups in total. The predicted octanol–water partition coefficient (Wildman–Crippen LogP) is 12.8. The van der Waals surface area contributed by atoms with Gasteiger partial charge in [-0.25, -0.2) is 9.98 Å². The smallest absolute Gasteiger partial charge is 0.171 e. The number of hydrogen-bond donors (Lipinski definition) is 1. The second-order valence-corrected chi connectivity index (χ2v) is 14.5. The number of fused-ring (bicyclic) bond motifs is 5. The molecular formula is C49H34N4S. The van der Waals surface area contributed by atoms with Crippen LogP contribution in [0.25, 0.3) is 42.1 Å². The van der Waals surface area contributed by atoms with Crippen LogP contribution in [0.4, 0.5) is 17.1 Å². The van der Waals surface area contributed by atoms with E-state index < -0.39 is 6.17 Å². The van der Waals surface area contributed by atoms with Crippen LogP contribution in [0, 0.1) is 0 Å². The Morgan fingerprint density at radius 3 is 1.57 bits per heavy atom. The van der Waals surface area contributed by atoms with Gasteiger partial charge in [0, 0.05) is 53.9 Å². The first-order chi connectivity index (χ1) is 26.8. The Morgan fingerprint density at radius 1 is 0.444 bits per heavy atom. The summed E-state index contributed by atoms with van der Waals surface area (Å²) < 4.78 is 2.46. The standard InChI is InChI=1S/C49H34N4S/c1-5-15-34(16-6-1)47-50-48(35-17-7-2-8-18-35)52-49(51-47)43-31-37-19-13-14-24-41(37)45-42-30-27-36(32-44(42)54-46(43)45)33-25-28-40(29-26-33)53(38-20-9-3-10-21-38)39-22-11-4-12-23-39/h1-32,49H,(H,50,51,52). The molecule has 5 heteroatoms. The van der Waals surface area contributed by atoms with E-state index in [0.29, 0.717) is 0 Å². The quantitative estimate of drug-likeness (QED) is 0.179. The monoisotopic (exact) mass is 710 g/mol. The Balaban J connectivity index is 1.09. The van der Waals surface area contributed by atoms with Crippen molar-refractivity contribution in [3.63, 3.8) is 0 Å². The Morgan fingerprint density at radius 2 is 0.963 bits per heavy atom. The summed E-state index contributed by atoms with van der Waals surface area (Å²) in [5.74, 6) is 1.64. The fourth-order valence-electron chi connectivity index (χ4n) is 7.50. The van der Waals surface area contributed by atoms with Crippen molar-refractivity contribution in [2.45, 2.75) is 6.17 Å². The van der Waals surface area contributed by atoms with Gasteiger partial charge in [0.25, 0.3) is 0 Å². The number of benzene rings is 8. The summed E-state index contributed by atoms with van der Waals surface area (Å²) in [6.45, 7) is 0. The molecule has 0 atom stereocenters. The minimum atomic E-state index is -0.416. The van der Waals surface area contributed by atoms with E-state index in [4.69, 9.17) is 9.98 Å². The maximum Gasteiger partial charge on any atom is 0.171 e. The van der Waals surface area contributed by atoms with Gasteiger partial charge in [-0.05, 0) is 70.4 Å². The molecule has 1 aliphatic rings. The second-order valence-electron chi connectivity index (χ2n) is 13.4. The number of thiophene rings is 1. The van der Waals surface area contributed by atoms with Crippen LogP contribution in [0.1, 0.15) is 22.9 Å². The van der Waals surface area contributed by atoms with Gasteiger partial charge in [-0.3, -0.25) is 0 Å². The molecule has 0 amide bonds. The molecule has 54 heavy (non-hydrogen) atoms. The maximum atomic E-state index is 5.28. The van der Waals surface area contributed by atoms with Gasteiger partial charge in [-0.2, -0.15) is 0 Å². The highest BCUT2D eigenvalue weighted by Gasteiger charge is 2.25. The van der Waals surface area contributed by atoms with Gasteiger partial charge in [0.2, 0.25) is 0 Å². The number of rotatable bonds is 7. The molecular weight excluding hydrogens is 677 g/mol. The number of hydrogen-bond acceptors (Lipinski definition) is 5. The van der Waals surface area contributed by atoms with Gasteiger partial charge in [0.1, 0.15) is 11.7 Å². The van der Waals surface area contributed by atoms with E-state index in [2.05, 4.69) is 192 Å². The van der Waals surface area contributed by atoms with Crippen LogP contribution < -0.4 is 10.2 Å². The second kappa shape index (κ2) is 13.6. The fraction of sp³-hybridized carbons (Fsp3) is 0.0204. The topological polar surface area (TPSA) is 40.0 Å². The Hall–Kier alpha value is -6.82. The average molecular weight is 711 g/mol. The van der Waals surface area contributed by atoms with E-state index in [1.54, 1.807) is 0 Å². The first-order valence-electron chi connectivity index (χ1n) is 18.2. The molecule has 0 aliphatic carbocycles. The zero-order valence-corrected chi connectivity index (χ0v) is 30.1. The van der Waals surface area contributed by atoms with Crippen LogP contribution in [0.5, 0.6) is 0 Å². The minimum Gasteiger partial charge on any atom is -0.324 e. The molecule has 4 nitrogen and oxygen atoms in total. The third kappa shape index (κ3) is 5.81. The molecule has 8 aromatic carbocycles. The van der Waals surface area contributed by atoms with Gasteiger partial charge in [-0.15, -0.1) is 11.3 Å². The maximum absolute atomic E-state index is 5.28. The van der Waals surface area contributed by atoms with Gasteiger partial charge in [0.15, 0.2) is 6.17 Å². The summed E-state index contributed by atoms with van der Waals surface area (Å²) in [5.41, 5.74) is 8.91. The zero-order chi connectivity index (χ0) is 35.8. The SMILES string of the molecule is c1ccc(C2=NC(c3cc4ccccc4c4c3sc3cc(-c5ccc(N(c6ccccc6)c6ccccc6)cc5)ccc34)N=C(c3ccccc3)N2)cc1. The summed E-state index contributed by atoms with van der Waals surface area (Å²) in [6, 6.07) is 68.6. The number of para-hydroxylation sites is 2. The molecule has 2 heterocycles. The number of aliphatic imine (C=N–C) groups is 2. The molecule has 0 spiro atoms. The molecule has 1 aromatic heterocycles. The Kier molecular flexibility index (Phi) is 8.04.